The Balaban J connectivity index is 3.10. The third kappa shape index (κ3) is 7.31. The van der Waals surface area contributed by atoms with Crippen molar-refractivity contribution in [2.24, 2.45) is 5.14 Å². The number of rotatable bonds is 4. The van der Waals surface area contributed by atoms with Crippen molar-refractivity contribution in [3.63, 3.8) is 0 Å². The van der Waals surface area contributed by atoms with Crippen LogP contribution in [0, 0.1) is 10.1 Å². The predicted octanol–water partition coefficient (Wildman–Crippen LogP) is -1.18. The average Bonchev–Trinajstić information content (AvgIpc) is 1.63. The van der Waals surface area contributed by atoms with E-state index in [0.29, 0.717) is 0 Å². The maximum Gasteiger partial charge on any atom is 0.294 e. The van der Waals surface area contributed by atoms with Gasteiger partial charge in [0.15, 0.2) is 0 Å². The van der Waals surface area contributed by atoms with Crippen molar-refractivity contribution in [3.8, 4) is 0 Å². The van der Waals surface area contributed by atoms with Crippen LogP contribution in [-0.2, 0) is 15.8 Å². The van der Waals surface area contributed by atoms with Crippen molar-refractivity contribution in [1.82, 2.24) is 0 Å². The highest BCUT2D eigenvalue weighted by atomic mass is 32.2. The normalized spacial score (nSPS) is 12.6. The fourth-order valence-electron chi connectivity index (χ4n) is 0.194. The van der Waals surface area contributed by atoms with Crippen LogP contribution in [0.25, 0.3) is 0 Å². The quantitative estimate of drug-likeness (QED) is 0.407. The minimum atomic E-state index is -1.51. The molecule has 0 aliphatic heterocycles. The van der Waals surface area contributed by atoms with Crippen LogP contribution in [0.4, 0.5) is 0 Å². The van der Waals surface area contributed by atoms with E-state index in [2.05, 4.69) is 4.84 Å². The first-order chi connectivity index (χ1) is 4.13. The van der Waals surface area contributed by atoms with E-state index in [1.807, 2.05) is 0 Å². The van der Waals surface area contributed by atoms with Gasteiger partial charge in [0.2, 0.25) is 0 Å². The Morgan fingerprint density at radius 2 is 2.33 bits per heavy atom. The fraction of sp³-hybridized carbons (Fsp3) is 1.00. The summed E-state index contributed by atoms with van der Waals surface area (Å²) < 4.78 is 10.0. The third-order valence-corrected chi connectivity index (χ3v) is 1.05. The molecule has 0 saturated heterocycles. The summed E-state index contributed by atoms with van der Waals surface area (Å²) in [5.41, 5.74) is 0. The zero-order chi connectivity index (χ0) is 7.28. The first-order valence-corrected chi connectivity index (χ1v) is 3.41. The summed E-state index contributed by atoms with van der Waals surface area (Å²) in [6, 6.07) is 0. The van der Waals surface area contributed by atoms with Crippen molar-refractivity contribution < 1.29 is 14.1 Å². The molecule has 0 aromatic carbocycles. The van der Waals surface area contributed by atoms with Gasteiger partial charge in [0.05, 0.1) is 16.7 Å². The monoisotopic (exact) mass is 154 g/mol. The molecule has 1 unspecified atom stereocenters. The van der Waals surface area contributed by atoms with E-state index in [4.69, 9.17) is 5.14 Å². The number of hydrogen-bond acceptors (Lipinski definition) is 4. The summed E-state index contributed by atoms with van der Waals surface area (Å²) in [6.45, 7) is -0.212. The fourth-order valence-corrected chi connectivity index (χ4v) is 0.433. The topological polar surface area (TPSA) is 95.5 Å². The molecule has 0 aromatic heterocycles. The van der Waals surface area contributed by atoms with Gasteiger partial charge in [-0.2, -0.15) is 0 Å². The molecule has 1 atom stereocenters. The lowest BCUT2D eigenvalue weighted by molar-refractivity contribution is -0.756. The standard InChI is InChI=1S/C2H6N2O4S/c3-9(7)2-1-8-4(5)6/h1-3H2. The van der Waals surface area contributed by atoms with Crippen molar-refractivity contribution in [3.05, 3.63) is 10.1 Å². The van der Waals surface area contributed by atoms with Gasteiger partial charge in [-0.15, -0.1) is 10.1 Å². The Morgan fingerprint density at radius 1 is 1.78 bits per heavy atom. The molecule has 7 heteroatoms. The molecule has 0 spiro atoms. The van der Waals surface area contributed by atoms with E-state index in [-0.39, 0.29) is 12.4 Å². The Hall–Kier alpha value is -0.690. The first kappa shape index (κ1) is 8.31. The highest BCUT2D eigenvalue weighted by Crippen LogP contribution is 1.75. The second kappa shape index (κ2) is 4.21. The van der Waals surface area contributed by atoms with Gasteiger partial charge in [-0.1, -0.05) is 0 Å². The SMILES string of the molecule is NS(=O)CCO[N+](=O)[O-]. The van der Waals surface area contributed by atoms with Crippen LogP contribution < -0.4 is 5.14 Å². The second-order valence-electron chi connectivity index (χ2n) is 1.14. The summed E-state index contributed by atoms with van der Waals surface area (Å²) in [7, 11) is -1.51. The molecule has 2 N–H and O–H groups in total. The largest absolute Gasteiger partial charge is 0.313 e. The summed E-state index contributed by atoms with van der Waals surface area (Å²) in [5, 5.41) is 13.2. The van der Waals surface area contributed by atoms with E-state index in [0.717, 1.165) is 0 Å². The number of hydrogen-bond donors (Lipinski definition) is 1. The molecule has 0 fully saturated rings. The molecule has 6 nitrogen and oxygen atoms in total. The first-order valence-electron chi connectivity index (χ1n) is 2.03. The van der Waals surface area contributed by atoms with Gasteiger partial charge >= 0.3 is 0 Å². The summed E-state index contributed by atoms with van der Waals surface area (Å²) in [5.74, 6) is -0.0129. The van der Waals surface area contributed by atoms with E-state index < -0.39 is 16.1 Å². The smallest absolute Gasteiger partial charge is 0.294 e. The van der Waals surface area contributed by atoms with E-state index in [1.54, 1.807) is 0 Å². The van der Waals surface area contributed by atoms with Gasteiger partial charge in [0, 0.05) is 0 Å². The Labute approximate surface area is 53.7 Å². The van der Waals surface area contributed by atoms with Crippen LogP contribution >= 0.6 is 0 Å². The zero-order valence-electron chi connectivity index (χ0n) is 4.48. The highest BCUT2D eigenvalue weighted by molar-refractivity contribution is 7.82. The van der Waals surface area contributed by atoms with Gasteiger partial charge in [0.25, 0.3) is 5.09 Å². The molecule has 0 rings (SSSR count). The van der Waals surface area contributed by atoms with Crippen LogP contribution in [0.1, 0.15) is 0 Å². The van der Waals surface area contributed by atoms with Crippen molar-refractivity contribution in [1.29, 1.82) is 0 Å². The van der Waals surface area contributed by atoms with Gasteiger partial charge in [-0.05, 0) is 0 Å². The minimum absolute atomic E-state index is 0.0129. The lowest BCUT2D eigenvalue weighted by atomic mass is 10.9. The average molecular weight is 154 g/mol. The van der Waals surface area contributed by atoms with Crippen molar-refractivity contribution >= 4 is 11.0 Å². The van der Waals surface area contributed by atoms with Gasteiger partial charge in [-0.3, -0.25) is 5.14 Å². The zero-order valence-corrected chi connectivity index (χ0v) is 5.30. The molecular weight excluding hydrogens is 148 g/mol. The van der Waals surface area contributed by atoms with E-state index in [9.17, 15) is 14.3 Å². The van der Waals surface area contributed by atoms with Crippen molar-refractivity contribution in [2.75, 3.05) is 12.4 Å². The van der Waals surface area contributed by atoms with Gasteiger partial charge in [-0.25, -0.2) is 4.21 Å². The van der Waals surface area contributed by atoms with E-state index in [1.165, 1.54) is 0 Å². The molecule has 0 aliphatic carbocycles. The molecule has 0 saturated carbocycles. The predicted molar refractivity (Wildman–Crippen MR) is 30.1 cm³/mol. The van der Waals surface area contributed by atoms with Gasteiger partial charge in [0.1, 0.15) is 6.61 Å². The maximum atomic E-state index is 10.0. The van der Waals surface area contributed by atoms with Crippen LogP contribution in [0.5, 0.6) is 0 Å². The summed E-state index contributed by atoms with van der Waals surface area (Å²) in [6.07, 6.45) is 0. The third-order valence-electron chi connectivity index (χ3n) is 0.481. The number of nitrogens with two attached hydrogens (primary N) is 1. The van der Waals surface area contributed by atoms with Crippen LogP contribution in [0.3, 0.4) is 0 Å². The highest BCUT2D eigenvalue weighted by Gasteiger charge is 1.95. The van der Waals surface area contributed by atoms with Crippen molar-refractivity contribution in [2.45, 2.75) is 0 Å². The second-order valence-corrected chi connectivity index (χ2v) is 2.31. The van der Waals surface area contributed by atoms with Crippen LogP contribution in [-0.4, -0.2) is 21.7 Å². The molecule has 9 heavy (non-hydrogen) atoms. The Bertz CT molecular complexity index is 112. The number of nitrogens with zero attached hydrogens (tertiary/aromatic N) is 1. The molecule has 0 bridgehead atoms. The molecule has 0 aliphatic rings. The molecule has 0 amide bonds. The molecule has 0 aromatic rings. The molecular formula is C2H6N2O4S. The Kier molecular flexibility index (Phi) is 3.89. The Morgan fingerprint density at radius 3 is 2.67 bits per heavy atom. The summed E-state index contributed by atoms with van der Waals surface area (Å²) >= 11 is 0. The lowest BCUT2D eigenvalue weighted by Crippen LogP contribution is -2.14. The minimum Gasteiger partial charge on any atom is -0.313 e. The lowest BCUT2D eigenvalue weighted by Gasteiger charge is -1.92. The van der Waals surface area contributed by atoms with Gasteiger partial charge < -0.3 is 4.84 Å². The van der Waals surface area contributed by atoms with Crippen LogP contribution in [0.15, 0.2) is 0 Å². The summed E-state index contributed by atoms with van der Waals surface area (Å²) in [4.78, 5) is 13.2. The molecule has 0 radical (unpaired) electrons. The molecule has 54 valence electrons. The maximum absolute atomic E-state index is 10.0. The van der Waals surface area contributed by atoms with E-state index >= 15 is 0 Å². The van der Waals surface area contributed by atoms with Crippen LogP contribution in [0.2, 0.25) is 0 Å². The molecule has 0 heterocycles.